The summed E-state index contributed by atoms with van der Waals surface area (Å²) in [5, 5.41) is 0.739. The van der Waals surface area contributed by atoms with Crippen LogP contribution in [0.5, 0.6) is 0 Å². The molecule has 0 atom stereocenters. The molecule has 162 valence electrons. The first kappa shape index (κ1) is 20.4. The summed E-state index contributed by atoms with van der Waals surface area (Å²) in [5.74, 6) is -0.256. The molecule has 0 unspecified atom stereocenters. The van der Waals surface area contributed by atoms with E-state index in [0.717, 1.165) is 48.6 Å². The number of hydrogen-bond acceptors (Lipinski definition) is 3. The lowest BCUT2D eigenvalue weighted by atomic mass is 9.82. The monoisotopic (exact) mass is 426 g/mol. The van der Waals surface area contributed by atoms with Crippen molar-refractivity contribution in [2.45, 2.75) is 45.1 Å². The average molecular weight is 427 g/mol. The van der Waals surface area contributed by atoms with E-state index in [2.05, 4.69) is 6.58 Å². The minimum atomic E-state index is -0.148. The van der Waals surface area contributed by atoms with E-state index in [1.54, 1.807) is 35.6 Å². The molecular weight excluding hydrogens is 400 g/mol. The predicted octanol–water partition coefficient (Wildman–Crippen LogP) is 4.99. The summed E-state index contributed by atoms with van der Waals surface area (Å²) in [4.78, 5) is 41.7. The molecule has 0 saturated heterocycles. The second-order valence-corrected chi connectivity index (χ2v) is 8.93. The van der Waals surface area contributed by atoms with Crippen molar-refractivity contribution in [1.29, 1.82) is 0 Å². The van der Waals surface area contributed by atoms with Crippen LogP contribution in [0, 0.1) is 0 Å². The number of carbonyl (C=O) groups is 2. The van der Waals surface area contributed by atoms with Gasteiger partial charge in [0.05, 0.1) is 16.8 Å². The Bertz CT molecular complexity index is 1360. The molecule has 5 nitrogen and oxygen atoms in total. The fourth-order valence-corrected chi connectivity index (χ4v) is 5.25. The Morgan fingerprint density at radius 3 is 2.38 bits per heavy atom. The quantitative estimate of drug-likeness (QED) is 0.434. The molecule has 5 heteroatoms. The lowest BCUT2D eigenvalue weighted by Crippen LogP contribution is -2.43. The van der Waals surface area contributed by atoms with Crippen molar-refractivity contribution in [1.82, 2.24) is 4.57 Å². The number of fused-ring (bicyclic) bond motifs is 2. The highest BCUT2D eigenvalue weighted by molar-refractivity contribution is 6.29. The molecule has 1 saturated carbocycles. The van der Waals surface area contributed by atoms with Gasteiger partial charge in [0.15, 0.2) is 5.78 Å². The van der Waals surface area contributed by atoms with Gasteiger partial charge < -0.3 is 9.47 Å². The summed E-state index contributed by atoms with van der Waals surface area (Å²) in [6.45, 7) is 5.62. The molecule has 0 aliphatic heterocycles. The van der Waals surface area contributed by atoms with Gasteiger partial charge in [-0.3, -0.25) is 14.4 Å². The molecule has 32 heavy (non-hydrogen) atoms. The van der Waals surface area contributed by atoms with Gasteiger partial charge >= 0.3 is 0 Å². The third-order valence-electron chi connectivity index (χ3n) is 6.86. The van der Waals surface area contributed by atoms with Gasteiger partial charge in [0.1, 0.15) is 0 Å². The molecule has 2 aliphatic carbocycles. The highest BCUT2D eigenvalue weighted by Gasteiger charge is 2.35. The maximum Gasteiger partial charge on any atom is 0.253 e. The number of anilines is 1. The lowest BCUT2D eigenvalue weighted by Gasteiger charge is -2.36. The summed E-state index contributed by atoms with van der Waals surface area (Å²) in [7, 11) is 1.72. The van der Waals surface area contributed by atoms with E-state index in [4.69, 9.17) is 0 Å². The molecule has 1 aromatic heterocycles. The number of rotatable bonds is 3. The van der Waals surface area contributed by atoms with Crippen molar-refractivity contribution in [3.05, 3.63) is 76.1 Å². The highest BCUT2D eigenvalue weighted by atomic mass is 16.2. The zero-order valence-electron chi connectivity index (χ0n) is 18.5. The zero-order valence-corrected chi connectivity index (χ0v) is 18.5. The van der Waals surface area contributed by atoms with Crippen molar-refractivity contribution in [3.63, 3.8) is 0 Å². The maximum atomic E-state index is 13.8. The SMILES string of the molecule is C=C(C)C(=O)N(c1ccc2c3c(cc(=O)n2C)-c2ccccc2C(=O)c13)C1CCCCC1. The Hall–Kier alpha value is -3.47. The number of hydrogen-bond donors (Lipinski definition) is 0. The third-order valence-corrected chi connectivity index (χ3v) is 6.86. The van der Waals surface area contributed by atoms with Gasteiger partial charge in [0, 0.05) is 35.7 Å². The van der Waals surface area contributed by atoms with E-state index in [-0.39, 0.29) is 23.3 Å². The number of pyridine rings is 1. The van der Waals surface area contributed by atoms with E-state index in [1.165, 1.54) is 0 Å². The van der Waals surface area contributed by atoms with Gasteiger partial charge in [-0.05, 0) is 43.0 Å². The Kier molecular flexibility index (Phi) is 4.85. The molecule has 0 radical (unpaired) electrons. The number of amides is 1. The molecule has 1 amide bonds. The summed E-state index contributed by atoms with van der Waals surface area (Å²) in [6, 6.07) is 12.7. The molecule has 0 bridgehead atoms. The van der Waals surface area contributed by atoms with Crippen LogP contribution in [0.15, 0.2) is 59.4 Å². The van der Waals surface area contributed by atoms with E-state index in [9.17, 15) is 14.4 Å². The van der Waals surface area contributed by atoms with Crippen molar-refractivity contribution < 1.29 is 9.59 Å². The standard InChI is InChI=1S/C27H26N2O3/c1-16(2)27(32)29(17-9-5-4-6-10-17)22-14-13-21-24-20(15-23(30)28(21)3)18-11-7-8-12-19(18)26(31)25(22)24/h7-8,11-15,17H,1,4-6,9-10H2,2-3H3. The van der Waals surface area contributed by atoms with Crippen molar-refractivity contribution >= 4 is 28.3 Å². The predicted molar refractivity (Wildman–Crippen MR) is 127 cm³/mol. The summed E-state index contributed by atoms with van der Waals surface area (Å²) in [6.07, 6.45) is 5.09. The van der Waals surface area contributed by atoms with Gasteiger partial charge in [-0.25, -0.2) is 0 Å². The number of aromatic nitrogens is 1. The molecule has 1 fully saturated rings. The second kappa shape index (κ2) is 7.59. The van der Waals surface area contributed by atoms with Crippen molar-refractivity contribution in [2.24, 2.45) is 7.05 Å². The number of carbonyl (C=O) groups excluding carboxylic acids is 2. The fourth-order valence-electron chi connectivity index (χ4n) is 5.25. The summed E-state index contributed by atoms with van der Waals surface area (Å²) in [5.41, 5.74) is 4.23. The van der Waals surface area contributed by atoms with Crippen molar-refractivity contribution in [3.8, 4) is 11.1 Å². The van der Waals surface area contributed by atoms with E-state index >= 15 is 0 Å². The smallest absolute Gasteiger partial charge is 0.253 e. The number of aryl methyl sites for hydroxylation is 1. The number of ketones is 1. The van der Waals surface area contributed by atoms with E-state index in [0.29, 0.717) is 27.9 Å². The molecule has 0 N–H and O–H groups in total. The van der Waals surface area contributed by atoms with Crippen LogP contribution in [0.1, 0.15) is 54.9 Å². The first-order valence-corrected chi connectivity index (χ1v) is 11.2. The van der Waals surface area contributed by atoms with Gasteiger partial charge in [0.2, 0.25) is 0 Å². The van der Waals surface area contributed by atoms with Gasteiger partial charge in [-0.15, -0.1) is 0 Å². The average Bonchev–Trinajstić information content (AvgIpc) is 2.81. The van der Waals surface area contributed by atoms with E-state index in [1.807, 2.05) is 30.3 Å². The van der Waals surface area contributed by atoms with Crippen LogP contribution in [0.3, 0.4) is 0 Å². The molecule has 3 aromatic rings. The van der Waals surface area contributed by atoms with Crippen LogP contribution in [-0.4, -0.2) is 22.3 Å². The first-order chi connectivity index (χ1) is 15.4. The Balaban J connectivity index is 1.87. The van der Waals surface area contributed by atoms with Gasteiger partial charge in [-0.2, -0.15) is 0 Å². The lowest BCUT2D eigenvalue weighted by molar-refractivity contribution is -0.115. The Labute approximate surface area is 187 Å². The van der Waals surface area contributed by atoms with Crippen LogP contribution in [0.25, 0.3) is 22.0 Å². The van der Waals surface area contributed by atoms with Crippen LogP contribution >= 0.6 is 0 Å². The Morgan fingerprint density at radius 2 is 1.69 bits per heavy atom. The van der Waals surface area contributed by atoms with Crippen LogP contribution in [-0.2, 0) is 11.8 Å². The summed E-state index contributed by atoms with van der Waals surface area (Å²) < 4.78 is 1.57. The normalized spacial score (nSPS) is 15.5. The van der Waals surface area contributed by atoms with Crippen LogP contribution in [0.4, 0.5) is 5.69 Å². The largest absolute Gasteiger partial charge is 0.311 e. The number of benzene rings is 2. The number of nitrogens with zero attached hydrogens (tertiary/aromatic N) is 2. The molecule has 5 rings (SSSR count). The third kappa shape index (κ3) is 2.95. The minimum Gasteiger partial charge on any atom is -0.311 e. The van der Waals surface area contributed by atoms with Crippen molar-refractivity contribution in [2.75, 3.05) is 4.90 Å². The first-order valence-electron chi connectivity index (χ1n) is 11.2. The fraction of sp³-hybridized carbons (Fsp3) is 0.296. The van der Waals surface area contributed by atoms with Gasteiger partial charge in [-0.1, -0.05) is 50.1 Å². The Morgan fingerprint density at radius 1 is 1.00 bits per heavy atom. The minimum absolute atomic E-state index is 0.0302. The molecule has 1 heterocycles. The molecule has 0 spiro atoms. The molecular formula is C27H26N2O3. The maximum absolute atomic E-state index is 13.8. The zero-order chi connectivity index (χ0) is 22.6. The van der Waals surface area contributed by atoms with Gasteiger partial charge in [0.25, 0.3) is 11.5 Å². The van der Waals surface area contributed by atoms with E-state index < -0.39 is 0 Å². The second-order valence-electron chi connectivity index (χ2n) is 8.93. The molecule has 2 aliphatic rings. The summed E-state index contributed by atoms with van der Waals surface area (Å²) >= 11 is 0. The van der Waals surface area contributed by atoms with Crippen LogP contribution < -0.4 is 10.5 Å². The molecule has 2 aromatic carbocycles. The highest BCUT2D eigenvalue weighted by Crippen LogP contribution is 2.43. The topological polar surface area (TPSA) is 59.4 Å². The van der Waals surface area contributed by atoms with Crippen LogP contribution in [0.2, 0.25) is 0 Å².